The molecule has 17 heteroatoms. The van der Waals surface area contributed by atoms with Crippen LogP contribution in [0.5, 0.6) is 0 Å². The summed E-state index contributed by atoms with van der Waals surface area (Å²) < 4.78 is 0. The molecule has 2 saturated heterocycles. The number of nitrogen functional groups attached to an aromatic ring is 3. The van der Waals surface area contributed by atoms with E-state index in [0.29, 0.717) is 57.5 Å². The number of carbonyl (C=O) groups is 4. The molecule has 2 aromatic carbocycles. The fourth-order valence-corrected chi connectivity index (χ4v) is 4.77. The molecule has 244 valence electrons. The lowest BCUT2D eigenvalue weighted by molar-refractivity contribution is -0.385. The lowest BCUT2D eigenvalue weighted by Gasteiger charge is -2.30. The van der Waals surface area contributed by atoms with Crippen molar-refractivity contribution in [2.75, 3.05) is 48.7 Å². The van der Waals surface area contributed by atoms with Crippen molar-refractivity contribution in [3.05, 3.63) is 56.6 Å². The van der Waals surface area contributed by atoms with Crippen molar-refractivity contribution in [2.24, 2.45) is 11.8 Å². The van der Waals surface area contributed by atoms with Crippen molar-refractivity contribution >= 4 is 68.7 Å². The minimum atomic E-state index is -0.541. The summed E-state index contributed by atoms with van der Waals surface area (Å²) >= 11 is 5.34. The normalized spacial score (nSPS) is 15.0. The van der Waals surface area contributed by atoms with Crippen molar-refractivity contribution in [3.8, 4) is 0 Å². The van der Waals surface area contributed by atoms with Crippen LogP contribution >= 0.6 is 11.6 Å². The Bertz CT molecular complexity index is 1400. The van der Waals surface area contributed by atoms with E-state index in [1.54, 1.807) is 16.7 Å². The molecule has 45 heavy (non-hydrogen) atoms. The summed E-state index contributed by atoms with van der Waals surface area (Å²) in [7, 11) is 0. The Hall–Kier alpha value is -4.99. The second-order valence-electron chi connectivity index (χ2n) is 10.5. The first kappa shape index (κ1) is 36.2. The monoisotopic (exact) mass is 648 g/mol. The van der Waals surface area contributed by atoms with Crippen LogP contribution in [0.1, 0.15) is 39.5 Å². The molecular formula is C28H37ClN8O8. The van der Waals surface area contributed by atoms with Gasteiger partial charge in [-0.3, -0.25) is 39.4 Å². The van der Waals surface area contributed by atoms with Crippen molar-refractivity contribution in [3.63, 3.8) is 0 Å². The number of nitrogens with two attached hydrogens (primary N) is 3. The van der Waals surface area contributed by atoms with E-state index >= 15 is 0 Å². The highest BCUT2D eigenvalue weighted by Gasteiger charge is 2.27. The van der Waals surface area contributed by atoms with Gasteiger partial charge in [0, 0.05) is 76.1 Å². The van der Waals surface area contributed by atoms with E-state index in [9.17, 15) is 39.4 Å². The van der Waals surface area contributed by atoms with E-state index in [4.69, 9.17) is 28.8 Å². The van der Waals surface area contributed by atoms with Crippen molar-refractivity contribution in [1.29, 1.82) is 0 Å². The third-order valence-electron chi connectivity index (χ3n) is 7.36. The summed E-state index contributed by atoms with van der Waals surface area (Å²) in [6.45, 7) is 5.46. The van der Waals surface area contributed by atoms with Gasteiger partial charge in [-0.2, -0.15) is 0 Å². The van der Waals surface area contributed by atoms with Gasteiger partial charge in [0.15, 0.2) is 0 Å². The standard InChI is InChI=1S/C14H18N4O4.C8H12ClNO2.C6H7N3O2/c1-9(19)17-6-4-10(5-7-17)14(20)16-13-8-11(18(21)22)2-3-12(13)15;1-6(11)10-4-2-7(3-5-10)8(9)12;7-5-2-1-4(9(10)11)3-6(5)8/h2-3,8,10H,4-7,15H2,1H3,(H,16,20);7H,2-5H2,1H3;1-3H,7-8H2. The summed E-state index contributed by atoms with van der Waals surface area (Å²) in [6.07, 6.45) is 2.56. The lowest BCUT2D eigenvalue weighted by Crippen LogP contribution is -2.40. The van der Waals surface area contributed by atoms with Gasteiger partial charge in [-0.05, 0) is 49.4 Å². The number of carbonyl (C=O) groups excluding carboxylic acids is 4. The third-order valence-corrected chi connectivity index (χ3v) is 7.67. The van der Waals surface area contributed by atoms with Crippen LogP contribution in [0.15, 0.2) is 36.4 Å². The van der Waals surface area contributed by atoms with Crippen LogP contribution in [0.3, 0.4) is 0 Å². The average Bonchev–Trinajstić information content (AvgIpc) is 3.00. The van der Waals surface area contributed by atoms with Gasteiger partial charge < -0.3 is 32.3 Å². The number of piperidine rings is 2. The topological polar surface area (TPSA) is 251 Å². The summed E-state index contributed by atoms with van der Waals surface area (Å²) in [5, 5.41) is 23.3. The van der Waals surface area contributed by atoms with Gasteiger partial charge in [0.1, 0.15) is 0 Å². The summed E-state index contributed by atoms with van der Waals surface area (Å²) in [6, 6.07) is 7.88. The highest BCUT2D eigenvalue weighted by molar-refractivity contribution is 6.64. The molecule has 2 aliphatic rings. The minimum Gasteiger partial charge on any atom is -0.397 e. The molecule has 2 fully saturated rings. The number of likely N-dealkylation sites (tertiary alicyclic amines) is 2. The average molecular weight is 649 g/mol. The molecule has 0 radical (unpaired) electrons. The highest BCUT2D eigenvalue weighted by Crippen LogP contribution is 2.27. The lowest BCUT2D eigenvalue weighted by atomic mass is 9.95. The summed E-state index contributed by atoms with van der Waals surface area (Å²) in [5.41, 5.74) is 17.3. The molecule has 2 heterocycles. The molecule has 2 aromatic rings. The number of benzene rings is 2. The van der Waals surface area contributed by atoms with E-state index in [0.717, 1.165) is 0 Å². The zero-order chi connectivity index (χ0) is 33.8. The van der Waals surface area contributed by atoms with Gasteiger partial charge in [0.05, 0.1) is 32.6 Å². The van der Waals surface area contributed by atoms with Crippen molar-refractivity contribution in [1.82, 2.24) is 9.80 Å². The highest BCUT2D eigenvalue weighted by atomic mass is 35.5. The van der Waals surface area contributed by atoms with Crippen molar-refractivity contribution in [2.45, 2.75) is 39.5 Å². The molecule has 4 rings (SSSR count). The van der Waals surface area contributed by atoms with Gasteiger partial charge in [0.25, 0.3) is 11.4 Å². The SMILES string of the molecule is CC(=O)N1CCC(C(=O)Cl)CC1.CC(=O)N1CCC(C(=O)Nc2cc([N+](=O)[O-])ccc2N)CC1.Nc1ccc([N+](=O)[O-])cc1N. The number of halogens is 1. The van der Waals surface area contributed by atoms with Crippen LogP contribution < -0.4 is 22.5 Å². The molecule has 16 nitrogen and oxygen atoms in total. The predicted molar refractivity (Wildman–Crippen MR) is 169 cm³/mol. The largest absolute Gasteiger partial charge is 0.397 e. The van der Waals surface area contributed by atoms with E-state index in [1.807, 2.05) is 0 Å². The maximum Gasteiger partial charge on any atom is 0.271 e. The summed E-state index contributed by atoms with van der Waals surface area (Å²) in [4.78, 5) is 68.4. The number of nitrogens with zero attached hydrogens (tertiary/aromatic N) is 4. The fourth-order valence-electron chi connectivity index (χ4n) is 4.55. The van der Waals surface area contributed by atoms with Gasteiger partial charge >= 0.3 is 0 Å². The van der Waals surface area contributed by atoms with Gasteiger partial charge in [-0.1, -0.05) is 0 Å². The number of nitro groups is 2. The number of nitro benzene ring substituents is 2. The molecule has 0 atom stereocenters. The molecule has 2 aliphatic heterocycles. The number of rotatable bonds is 5. The van der Waals surface area contributed by atoms with Crippen LogP contribution in [0.4, 0.5) is 34.1 Å². The molecular weight excluding hydrogens is 612 g/mol. The van der Waals surface area contributed by atoms with Gasteiger partial charge in [-0.15, -0.1) is 0 Å². The summed E-state index contributed by atoms with van der Waals surface area (Å²) in [5.74, 6) is -0.413. The first-order valence-corrected chi connectivity index (χ1v) is 14.3. The Morgan fingerprint density at radius 3 is 1.56 bits per heavy atom. The molecule has 7 N–H and O–H groups in total. The van der Waals surface area contributed by atoms with E-state index in [2.05, 4.69) is 5.32 Å². The van der Waals surface area contributed by atoms with E-state index in [-0.39, 0.29) is 63.2 Å². The van der Waals surface area contributed by atoms with Crippen LogP contribution in [0.25, 0.3) is 0 Å². The molecule has 0 spiro atoms. The fraction of sp³-hybridized carbons (Fsp3) is 0.429. The second kappa shape index (κ2) is 16.7. The quantitative estimate of drug-likeness (QED) is 0.158. The Labute approximate surface area is 264 Å². The second-order valence-corrected chi connectivity index (χ2v) is 10.8. The molecule has 0 bridgehead atoms. The molecule has 0 unspecified atom stereocenters. The van der Waals surface area contributed by atoms with Gasteiger partial charge in [-0.25, -0.2) is 0 Å². The number of anilines is 4. The number of nitrogens with one attached hydrogen (secondary N) is 1. The Morgan fingerprint density at radius 1 is 0.733 bits per heavy atom. The zero-order valence-electron chi connectivity index (χ0n) is 24.9. The maximum atomic E-state index is 12.2. The first-order chi connectivity index (χ1) is 21.1. The maximum absolute atomic E-state index is 12.2. The Balaban J connectivity index is 0.000000259. The number of hydrogen-bond acceptors (Lipinski definition) is 11. The smallest absolute Gasteiger partial charge is 0.271 e. The predicted octanol–water partition coefficient (Wildman–Crippen LogP) is 3.14. The van der Waals surface area contributed by atoms with E-state index < -0.39 is 9.85 Å². The molecule has 0 saturated carbocycles. The van der Waals surface area contributed by atoms with Crippen molar-refractivity contribution < 1.29 is 29.0 Å². The van der Waals surface area contributed by atoms with Crippen LogP contribution in [-0.4, -0.2) is 68.8 Å². The zero-order valence-corrected chi connectivity index (χ0v) is 25.7. The van der Waals surface area contributed by atoms with Crippen LogP contribution in [-0.2, 0) is 19.2 Å². The molecule has 3 amide bonds. The number of amides is 3. The Morgan fingerprint density at radius 2 is 1.16 bits per heavy atom. The molecule has 0 aromatic heterocycles. The van der Waals surface area contributed by atoms with Gasteiger partial charge in [0.2, 0.25) is 23.0 Å². The number of non-ortho nitro benzene ring substituents is 2. The molecule has 0 aliphatic carbocycles. The Kier molecular flexibility index (Phi) is 13.5. The van der Waals surface area contributed by atoms with Crippen LogP contribution in [0, 0.1) is 32.1 Å². The first-order valence-electron chi connectivity index (χ1n) is 13.9. The third kappa shape index (κ3) is 11.2. The number of hydrogen-bond donors (Lipinski definition) is 4. The van der Waals surface area contributed by atoms with E-state index in [1.165, 1.54) is 43.3 Å². The van der Waals surface area contributed by atoms with Crippen LogP contribution in [0.2, 0.25) is 0 Å². The minimum absolute atomic E-state index is 0.00165.